The van der Waals surface area contributed by atoms with Gasteiger partial charge in [0.15, 0.2) is 0 Å². The molecule has 4 aromatic rings. The number of rotatable bonds is 6. The molecule has 9 nitrogen and oxygen atoms in total. The van der Waals surface area contributed by atoms with E-state index in [1.54, 1.807) is 42.5 Å². The van der Waals surface area contributed by atoms with Crippen molar-refractivity contribution in [3.63, 3.8) is 0 Å². The van der Waals surface area contributed by atoms with Crippen LogP contribution in [0.2, 0.25) is 0 Å². The molecule has 0 fully saturated rings. The van der Waals surface area contributed by atoms with Crippen molar-refractivity contribution in [2.45, 2.75) is 4.90 Å². The van der Waals surface area contributed by atoms with Crippen LogP contribution in [0.25, 0.3) is 10.8 Å². The molecule has 0 spiro atoms. The number of aromatic hydroxyl groups is 1. The zero-order valence-corrected chi connectivity index (χ0v) is 19.3. The molecule has 10 heteroatoms. The van der Waals surface area contributed by atoms with E-state index in [9.17, 15) is 23.1 Å². The van der Waals surface area contributed by atoms with Crippen LogP contribution in [0.1, 0.15) is 20.7 Å². The van der Waals surface area contributed by atoms with Crippen molar-refractivity contribution < 1.29 is 27.9 Å². The van der Waals surface area contributed by atoms with Crippen LogP contribution in [0.5, 0.6) is 11.5 Å². The molecule has 0 aliphatic heterocycles. The maximum Gasteiger partial charge on any atom is 0.273 e. The van der Waals surface area contributed by atoms with Crippen molar-refractivity contribution >= 4 is 38.3 Å². The van der Waals surface area contributed by atoms with E-state index in [2.05, 4.69) is 15.6 Å². The van der Waals surface area contributed by atoms with Crippen LogP contribution < -0.4 is 20.3 Å². The van der Waals surface area contributed by atoms with Crippen molar-refractivity contribution in [3.05, 3.63) is 96.1 Å². The predicted molar refractivity (Wildman–Crippen MR) is 131 cm³/mol. The van der Waals surface area contributed by atoms with Gasteiger partial charge >= 0.3 is 0 Å². The van der Waals surface area contributed by atoms with Crippen LogP contribution in [0.15, 0.2) is 89.8 Å². The normalized spacial score (nSPS) is 11.0. The number of ether oxygens (including phenoxy) is 1. The number of amides is 2. The second-order valence-electron chi connectivity index (χ2n) is 7.49. The van der Waals surface area contributed by atoms with Crippen LogP contribution >= 0.6 is 0 Å². The number of hydrogen-bond acceptors (Lipinski definition) is 6. The Morgan fingerprint density at radius 2 is 1.46 bits per heavy atom. The van der Waals surface area contributed by atoms with Gasteiger partial charge in [0, 0.05) is 11.3 Å². The summed E-state index contributed by atoms with van der Waals surface area (Å²) < 4.78 is 33.0. The molecular weight excluding hydrogens is 470 g/mol. The quantitative estimate of drug-likeness (QED) is 0.305. The van der Waals surface area contributed by atoms with Gasteiger partial charge in [0.1, 0.15) is 11.5 Å². The Hall–Kier alpha value is -4.57. The Morgan fingerprint density at radius 1 is 0.800 bits per heavy atom. The molecule has 0 heterocycles. The first kappa shape index (κ1) is 23.6. The second-order valence-corrected chi connectivity index (χ2v) is 9.17. The van der Waals surface area contributed by atoms with E-state index in [1.165, 1.54) is 43.5 Å². The Kier molecular flexibility index (Phi) is 6.56. The number of carbonyl (C=O) groups is 2. The van der Waals surface area contributed by atoms with Crippen molar-refractivity contribution in [3.8, 4) is 11.5 Å². The molecule has 35 heavy (non-hydrogen) atoms. The number of fused-ring (bicyclic) bond motifs is 1. The fourth-order valence-electron chi connectivity index (χ4n) is 3.34. The molecule has 0 radical (unpaired) electrons. The lowest BCUT2D eigenvalue weighted by atomic mass is 10.1. The van der Waals surface area contributed by atoms with E-state index in [4.69, 9.17) is 4.74 Å². The largest absolute Gasteiger partial charge is 0.507 e. The standard InChI is InChI=1S/C25H21N3O6S/c1-34-20-11-9-19(10-12-20)28-35(32,33)21-8-4-7-18(13-21)24(30)26-27-25(31)22-14-16-5-2-3-6-17(16)15-23(22)29/h2-15,28-29H,1H3,(H,26,30)(H,27,31). The van der Waals surface area contributed by atoms with Crippen LogP contribution in [0.3, 0.4) is 0 Å². The maximum atomic E-state index is 12.8. The van der Waals surface area contributed by atoms with Crippen LogP contribution in [0.4, 0.5) is 5.69 Å². The number of benzene rings is 4. The minimum absolute atomic E-state index is 0.00522. The highest BCUT2D eigenvalue weighted by Gasteiger charge is 2.18. The van der Waals surface area contributed by atoms with Gasteiger partial charge in [0.2, 0.25) is 0 Å². The van der Waals surface area contributed by atoms with Crippen molar-refractivity contribution in [1.29, 1.82) is 0 Å². The summed E-state index contributed by atoms with van der Waals surface area (Å²) in [6.07, 6.45) is 0. The Labute approximate surface area is 201 Å². The zero-order chi connectivity index (χ0) is 25.0. The summed E-state index contributed by atoms with van der Waals surface area (Å²) in [5.41, 5.74) is 4.77. The van der Waals surface area contributed by atoms with Gasteiger partial charge in [-0.05, 0) is 65.4 Å². The minimum atomic E-state index is -3.98. The van der Waals surface area contributed by atoms with Crippen molar-refractivity contribution in [1.82, 2.24) is 10.9 Å². The highest BCUT2D eigenvalue weighted by atomic mass is 32.2. The summed E-state index contributed by atoms with van der Waals surface area (Å²) in [7, 11) is -2.48. The number of anilines is 1. The third-order valence-corrected chi connectivity index (χ3v) is 6.53. The number of phenols is 1. The summed E-state index contributed by atoms with van der Waals surface area (Å²) in [6, 6.07) is 21.8. The minimum Gasteiger partial charge on any atom is -0.507 e. The van der Waals surface area contributed by atoms with Gasteiger partial charge < -0.3 is 9.84 Å². The number of carbonyl (C=O) groups excluding carboxylic acids is 2. The van der Waals surface area contributed by atoms with Gasteiger partial charge in [0.05, 0.1) is 17.6 Å². The van der Waals surface area contributed by atoms with Gasteiger partial charge in [-0.25, -0.2) is 8.42 Å². The van der Waals surface area contributed by atoms with Gasteiger partial charge in [0.25, 0.3) is 21.8 Å². The maximum absolute atomic E-state index is 12.8. The molecule has 0 unspecified atom stereocenters. The van der Waals surface area contributed by atoms with E-state index >= 15 is 0 Å². The summed E-state index contributed by atoms with van der Waals surface area (Å²) in [4.78, 5) is 24.9. The summed E-state index contributed by atoms with van der Waals surface area (Å²) in [5.74, 6) is -1.13. The molecule has 178 valence electrons. The molecule has 0 saturated carbocycles. The number of nitrogens with one attached hydrogen (secondary N) is 3. The van der Waals surface area contributed by atoms with Crippen LogP contribution in [-0.2, 0) is 10.0 Å². The third kappa shape index (κ3) is 5.33. The summed E-state index contributed by atoms with van der Waals surface area (Å²) >= 11 is 0. The number of hydrogen-bond donors (Lipinski definition) is 4. The first-order chi connectivity index (χ1) is 16.8. The molecule has 0 aliphatic rings. The van der Waals surface area contributed by atoms with E-state index in [0.717, 1.165) is 10.8 Å². The monoisotopic (exact) mass is 491 g/mol. The number of phenolic OH excluding ortho intramolecular Hbond substituents is 1. The molecular formula is C25H21N3O6S. The fourth-order valence-corrected chi connectivity index (χ4v) is 4.44. The lowest BCUT2D eigenvalue weighted by Gasteiger charge is -2.11. The van der Waals surface area contributed by atoms with E-state index < -0.39 is 21.8 Å². The Bertz CT molecular complexity index is 1520. The second kappa shape index (κ2) is 9.74. The highest BCUT2D eigenvalue weighted by Crippen LogP contribution is 2.25. The molecule has 0 saturated heterocycles. The van der Waals surface area contributed by atoms with Gasteiger partial charge in [-0.1, -0.05) is 30.3 Å². The highest BCUT2D eigenvalue weighted by molar-refractivity contribution is 7.92. The predicted octanol–water partition coefficient (Wildman–Crippen LogP) is 3.43. The Balaban J connectivity index is 1.46. The Morgan fingerprint density at radius 3 is 2.14 bits per heavy atom. The van der Waals surface area contributed by atoms with Crippen molar-refractivity contribution in [2.75, 3.05) is 11.8 Å². The average molecular weight is 492 g/mol. The molecule has 4 rings (SSSR count). The van der Waals surface area contributed by atoms with E-state index in [0.29, 0.717) is 11.4 Å². The molecule has 0 bridgehead atoms. The van der Waals surface area contributed by atoms with E-state index in [-0.39, 0.29) is 21.8 Å². The van der Waals surface area contributed by atoms with Crippen LogP contribution in [-0.4, -0.2) is 32.4 Å². The summed E-state index contributed by atoms with van der Waals surface area (Å²) in [5, 5.41) is 11.7. The van der Waals surface area contributed by atoms with Crippen LogP contribution in [0, 0.1) is 0 Å². The fraction of sp³-hybridized carbons (Fsp3) is 0.0400. The topological polar surface area (TPSA) is 134 Å². The van der Waals surface area contributed by atoms with Crippen molar-refractivity contribution in [2.24, 2.45) is 0 Å². The van der Waals surface area contributed by atoms with Gasteiger partial charge in [-0.3, -0.25) is 25.2 Å². The molecule has 4 N–H and O–H groups in total. The van der Waals surface area contributed by atoms with E-state index in [1.807, 2.05) is 6.07 Å². The average Bonchev–Trinajstić information content (AvgIpc) is 2.87. The first-order valence-electron chi connectivity index (χ1n) is 10.4. The number of methoxy groups -OCH3 is 1. The molecule has 0 atom stereocenters. The SMILES string of the molecule is COc1ccc(NS(=O)(=O)c2cccc(C(=O)NNC(=O)c3cc4ccccc4cc3O)c2)cc1. The summed E-state index contributed by atoms with van der Waals surface area (Å²) in [6.45, 7) is 0. The number of sulfonamides is 1. The molecule has 4 aromatic carbocycles. The molecule has 2 amide bonds. The van der Waals surface area contributed by atoms with Gasteiger partial charge in [-0.2, -0.15) is 0 Å². The lowest BCUT2D eigenvalue weighted by molar-refractivity contribution is 0.0845. The lowest BCUT2D eigenvalue weighted by Crippen LogP contribution is -2.41. The first-order valence-corrected chi connectivity index (χ1v) is 11.8. The zero-order valence-electron chi connectivity index (χ0n) is 18.5. The molecule has 0 aromatic heterocycles. The van der Waals surface area contributed by atoms with Gasteiger partial charge in [-0.15, -0.1) is 0 Å². The number of hydrazine groups is 1. The smallest absolute Gasteiger partial charge is 0.273 e. The molecule has 0 aliphatic carbocycles. The third-order valence-electron chi connectivity index (χ3n) is 5.15.